The highest BCUT2D eigenvalue weighted by Gasteiger charge is 2.09. The van der Waals surface area contributed by atoms with Crippen LogP contribution in [0.3, 0.4) is 0 Å². The molecule has 110 valence electrons. The summed E-state index contributed by atoms with van der Waals surface area (Å²) in [6.45, 7) is 0.480. The van der Waals surface area contributed by atoms with E-state index in [0.717, 1.165) is 5.56 Å². The first-order valence-electron chi connectivity index (χ1n) is 6.43. The molecule has 5 nitrogen and oxygen atoms in total. The Bertz CT molecular complexity index is 749. The fraction of sp³-hybridized carbons (Fsp3) is 0.0625. The van der Waals surface area contributed by atoms with Crippen LogP contribution in [0.5, 0.6) is 0 Å². The first-order chi connectivity index (χ1) is 10.6. The van der Waals surface area contributed by atoms with Crippen molar-refractivity contribution >= 4 is 23.0 Å². The number of nitro benzene ring substituents is 1. The van der Waals surface area contributed by atoms with Crippen molar-refractivity contribution in [3.8, 4) is 6.07 Å². The van der Waals surface area contributed by atoms with Crippen molar-refractivity contribution in [2.75, 3.05) is 0 Å². The van der Waals surface area contributed by atoms with Crippen molar-refractivity contribution in [2.45, 2.75) is 6.54 Å². The number of hydrogen-bond donors (Lipinski definition) is 1. The molecule has 0 aromatic heterocycles. The molecule has 1 N–H and O–H groups in total. The minimum atomic E-state index is -0.466. The Kier molecular flexibility index (Phi) is 5.12. The molecule has 0 saturated heterocycles. The summed E-state index contributed by atoms with van der Waals surface area (Å²) in [4.78, 5) is 10.4. The molecule has 0 amide bonds. The minimum absolute atomic E-state index is 0.0189. The molecule has 0 saturated carbocycles. The molecule has 0 unspecified atom stereocenters. The zero-order chi connectivity index (χ0) is 15.9. The second-order valence-electron chi connectivity index (χ2n) is 4.47. The van der Waals surface area contributed by atoms with Crippen LogP contribution in [0.1, 0.15) is 11.1 Å². The average molecular weight is 314 g/mol. The molecule has 0 radical (unpaired) electrons. The lowest BCUT2D eigenvalue weighted by molar-refractivity contribution is -0.384. The quantitative estimate of drug-likeness (QED) is 0.516. The lowest BCUT2D eigenvalue weighted by Gasteiger charge is -2.10. The normalized spacial score (nSPS) is 10.8. The summed E-state index contributed by atoms with van der Waals surface area (Å²) in [5.41, 5.74) is 2.08. The Balaban J connectivity index is 2.19. The van der Waals surface area contributed by atoms with Crippen LogP contribution in [0.4, 0.5) is 5.69 Å². The fourth-order valence-electron chi connectivity index (χ4n) is 1.89. The highest BCUT2D eigenvalue weighted by molar-refractivity contribution is 6.30. The van der Waals surface area contributed by atoms with E-state index in [0.29, 0.717) is 22.8 Å². The molecule has 0 heterocycles. The number of allylic oxidation sites excluding steroid dienone is 1. The van der Waals surface area contributed by atoms with Gasteiger partial charge in [0.1, 0.15) is 0 Å². The van der Waals surface area contributed by atoms with Gasteiger partial charge in [0.15, 0.2) is 0 Å². The van der Waals surface area contributed by atoms with Crippen molar-refractivity contribution < 1.29 is 4.92 Å². The van der Waals surface area contributed by atoms with Crippen LogP contribution in [-0.4, -0.2) is 4.92 Å². The Hall–Kier alpha value is -2.84. The molecule has 2 aromatic carbocycles. The van der Waals surface area contributed by atoms with Crippen LogP contribution in [-0.2, 0) is 6.54 Å². The van der Waals surface area contributed by atoms with Crippen LogP contribution in [0.2, 0.25) is 5.02 Å². The summed E-state index contributed by atoms with van der Waals surface area (Å²) in [5, 5.41) is 23.5. The smallest absolute Gasteiger partial charge is 0.270 e. The topological polar surface area (TPSA) is 79.0 Å². The lowest BCUT2D eigenvalue weighted by Crippen LogP contribution is -2.12. The number of halogens is 1. The molecule has 0 aliphatic carbocycles. The van der Waals surface area contributed by atoms with Crippen molar-refractivity contribution in [1.82, 2.24) is 5.32 Å². The fourth-order valence-corrected chi connectivity index (χ4v) is 2.01. The second kappa shape index (κ2) is 7.25. The van der Waals surface area contributed by atoms with Gasteiger partial charge in [0, 0.05) is 35.3 Å². The third kappa shape index (κ3) is 4.08. The van der Waals surface area contributed by atoms with E-state index in [-0.39, 0.29) is 5.69 Å². The third-order valence-corrected chi connectivity index (χ3v) is 3.23. The van der Waals surface area contributed by atoms with Crippen molar-refractivity contribution in [1.29, 1.82) is 5.26 Å². The van der Waals surface area contributed by atoms with Gasteiger partial charge in [-0.25, -0.2) is 0 Å². The Morgan fingerprint density at radius 3 is 2.68 bits per heavy atom. The van der Waals surface area contributed by atoms with E-state index in [1.165, 1.54) is 18.2 Å². The molecule has 2 aromatic rings. The van der Waals surface area contributed by atoms with Gasteiger partial charge in [0.2, 0.25) is 0 Å². The summed E-state index contributed by atoms with van der Waals surface area (Å²) < 4.78 is 0. The number of nitrogens with zero attached hydrogens (tertiary/aromatic N) is 2. The molecule has 0 aliphatic rings. The lowest BCUT2D eigenvalue weighted by atomic mass is 10.1. The van der Waals surface area contributed by atoms with E-state index in [1.807, 2.05) is 18.2 Å². The molecule has 22 heavy (non-hydrogen) atoms. The van der Waals surface area contributed by atoms with Gasteiger partial charge in [-0.05, 0) is 17.7 Å². The molecular formula is C16H12ClN3O2. The average Bonchev–Trinajstić information content (AvgIpc) is 2.53. The van der Waals surface area contributed by atoms with Crippen LogP contribution in [0.15, 0.2) is 54.6 Å². The number of nitro groups is 1. The summed E-state index contributed by atoms with van der Waals surface area (Å²) in [6, 6.07) is 15.4. The molecular weight excluding hydrogens is 302 g/mol. The van der Waals surface area contributed by atoms with Gasteiger partial charge in [0.05, 0.1) is 16.7 Å². The molecule has 0 aliphatic heterocycles. The van der Waals surface area contributed by atoms with Gasteiger partial charge in [-0.2, -0.15) is 5.26 Å². The van der Waals surface area contributed by atoms with Gasteiger partial charge in [-0.3, -0.25) is 10.1 Å². The van der Waals surface area contributed by atoms with E-state index in [2.05, 4.69) is 5.32 Å². The van der Waals surface area contributed by atoms with Gasteiger partial charge >= 0.3 is 0 Å². The van der Waals surface area contributed by atoms with Crippen molar-refractivity contribution in [3.63, 3.8) is 0 Å². The number of nitriles is 1. The predicted molar refractivity (Wildman–Crippen MR) is 85.0 cm³/mol. The molecule has 0 fully saturated rings. The van der Waals surface area contributed by atoms with Crippen molar-refractivity contribution in [3.05, 3.63) is 80.9 Å². The number of benzene rings is 2. The third-order valence-electron chi connectivity index (χ3n) is 2.97. The van der Waals surface area contributed by atoms with Crippen LogP contribution < -0.4 is 5.32 Å². The highest BCUT2D eigenvalue weighted by atomic mass is 35.5. The van der Waals surface area contributed by atoms with Gasteiger partial charge in [-0.1, -0.05) is 35.9 Å². The molecule has 0 atom stereocenters. The van der Waals surface area contributed by atoms with E-state index in [4.69, 9.17) is 16.9 Å². The first kappa shape index (κ1) is 15.5. The summed E-state index contributed by atoms with van der Waals surface area (Å²) >= 11 is 5.83. The van der Waals surface area contributed by atoms with Crippen LogP contribution >= 0.6 is 11.6 Å². The van der Waals surface area contributed by atoms with Crippen LogP contribution in [0.25, 0.3) is 5.70 Å². The van der Waals surface area contributed by atoms with Crippen LogP contribution in [0, 0.1) is 21.4 Å². The zero-order valence-corrected chi connectivity index (χ0v) is 12.2. The number of nitrogens with one attached hydrogen (secondary N) is 1. The largest absolute Gasteiger partial charge is 0.380 e. The van der Waals surface area contributed by atoms with Gasteiger partial charge in [0.25, 0.3) is 5.69 Å². The first-order valence-corrected chi connectivity index (χ1v) is 6.81. The molecule has 0 bridgehead atoms. The summed E-state index contributed by atoms with van der Waals surface area (Å²) in [7, 11) is 0. The number of hydrogen-bond acceptors (Lipinski definition) is 4. The van der Waals surface area contributed by atoms with E-state index in [1.54, 1.807) is 24.3 Å². The molecule has 2 rings (SSSR count). The maximum absolute atomic E-state index is 10.8. The SMILES string of the molecule is N#CC=C(NCc1ccc(Cl)cc1)c1cccc([N+](=O)[O-])c1. The number of non-ortho nitro benzene ring substituents is 1. The maximum atomic E-state index is 10.8. The highest BCUT2D eigenvalue weighted by Crippen LogP contribution is 2.19. The molecule has 6 heteroatoms. The summed E-state index contributed by atoms with van der Waals surface area (Å²) in [6.07, 6.45) is 1.33. The predicted octanol–water partition coefficient (Wildman–Crippen LogP) is 3.90. The molecule has 0 spiro atoms. The zero-order valence-electron chi connectivity index (χ0n) is 11.5. The minimum Gasteiger partial charge on any atom is -0.380 e. The van der Waals surface area contributed by atoms with Gasteiger partial charge in [-0.15, -0.1) is 0 Å². The van der Waals surface area contributed by atoms with E-state index < -0.39 is 4.92 Å². The second-order valence-corrected chi connectivity index (χ2v) is 4.91. The van der Waals surface area contributed by atoms with Gasteiger partial charge < -0.3 is 5.32 Å². The van der Waals surface area contributed by atoms with E-state index in [9.17, 15) is 10.1 Å². The Morgan fingerprint density at radius 1 is 1.32 bits per heavy atom. The maximum Gasteiger partial charge on any atom is 0.270 e. The Labute approximate surface area is 132 Å². The standard InChI is InChI=1S/C16H12ClN3O2/c17-14-6-4-12(5-7-14)11-19-16(8-9-18)13-2-1-3-15(10-13)20(21)22/h1-8,10,19H,11H2. The van der Waals surface area contributed by atoms with Crippen molar-refractivity contribution in [2.24, 2.45) is 0 Å². The van der Waals surface area contributed by atoms with E-state index >= 15 is 0 Å². The Morgan fingerprint density at radius 2 is 2.05 bits per heavy atom. The summed E-state index contributed by atoms with van der Waals surface area (Å²) in [5.74, 6) is 0. The number of rotatable bonds is 5. The monoisotopic (exact) mass is 313 g/mol.